The molecule has 2 nitrogen and oxygen atoms in total. The van der Waals surface area contributed by atoms with Crippen LogP contribution < -0.4 is 0 Å². The van der Waals surface area contributed by atoms with E-state index in [-0.39, 0.29) is 0 Å². The van der Waals surface area contributed by atoms with Crippen molar-refractivity contribution >= 4 is 11.6 Å². The third kappa shape index (κ3) is 6.30. The quantitative estimate of drug-likeness (QED) is 0.444. The van der Waals surface area contributed by atoms with Gasteiger partial charge in [0.15, 0.2) is 0 Å². The summed E-state index contributed by atoms with van der Waals surface area (Å²) in [6.45, 7) is 3.96. The van der Waals surface area contributed by atoms with Crippen molar-refractivity contribution in [2.45, 2.75) is 19.3 Å². The Hall–Kier alpha value is 0.210. The number of halogens is 1. The molecule has 1 aliphatic carbocycles. The van der Waals surface area contributed by atoms with Gasteiger partial charge in [-0.1, -0.05) is 0 Å². The molecule has 0 unspecified atom stereocenters. The molecule has 0 radical (unpaired) electrons. The van der Waals surface area contributed by atoms with Crippen molar-refractivity contribution in [3.63, 3.8) is 0 Å². The van der Waals surface area contributed by atoms with Crippen LogP contribution in [0, 0.1) is 5.92 Å². The van der Waals surface area contributed by atoms with E-state index in [1.807, 2.05) is 0 Å². The maximum atomic E-state index is 5.60. The van der Waals surface area contributed by atoms with Crippen LogP contribution in [0.4, 0.5) is 0 Å². The SMILES string of the molecule is CN(CCCCl)CCOCC1CC1. The van der Waals surface area contributed by atoms with E-state index in [0.29, 0.717) is 0 Å². The lowest BCUT2D eigenvalue weighted by molar-refractivity contribution is 0.103. The molecule has 0 aromatic carbocycles. The van der Waals surface area contributed by atoms with Crippen molar-refractivity contribution < 1.29 is 4.74 Å². The number of hydrogen-bond donors (Lipinski definition) is 0. The number of ether oxygens (including phenoxy) is 1. The number of nitrogens with zero attached hydrogens (tertiary/aromatic N) is 1. The molecule has 0 bridgehead atoms. The van der Waals surface area contributed by atoms with Gasteiger partial charge in [-0.15, -0.1) is 11.6 Å². The predicted molar refractivity (Wildman–Crippen MR) is 56.4 cm³/mol. The van der Waals surface area contributed by atoms with E-state index >= 15 is 0 Å². The molecule has 0 aliphatic heterocycles. The Kier molecular flexibility index (Phi) is 5.76. The number of likely N-dealkylation sites (N-methyl/N-ethyl adjacent to an activating group) is 1. The summed E-state index contributed by atoms with van der Waals surface area (Å²) in [5, 5.41) is 0. The molecule has 0 N–H and O–H groups in total. The lowest BCUT2D eigenvalue weighted by atomic mass is 10.4. The van der Waals surface area contributed by atoms with Crippen LogP contribution in [-0.2, 0) is 4.74 Å². The summed E-state index contributed by atoms with van der Waals surface area (Å²) < 4.78 is 5.53. The zero-order chi connectivity index (χ0) is 9.52. The molecule has 0 amide bonds. The second kappa shape index (κ2) is 6.63. The Morgan fingerprint density at radius 3 is 2.77 bits per heavy atom. The first-order valence-electron chi connectivity index (χ1n) is 5.15. The normalized spacial score (nSPS) is 16.8. The van der Waals surface area contributed by atoms with Crippen LogP contribution in [0.15, 0.2) is 0 Å². The van der Waals surface area contributed by atoms with E-state index in [4.69, 9.17) is 16.3 Å². The smallest absolute Gasteiger partial charge is 0.0593 e. The van der Waals surface area contributed by atoms with Gasteiger partial charge in [0.25, 0.3) is 0 Å². The summed E-state index contributed by atoms with van der Waals surface area (Å²) in [5.74, 6) is 1.64. The van der Waals surface area contributed by atoms with Crippen LogP contribution in [0.2, 0.25) is 0 Å². The summed E-state index contributed by atoms with van der Waals surface area (Å²) in [7, 11) is 2.12. The molecule has 1 aliphatic rings. The summed E-state index contributed by atoms with van der Waals surface area (Å²) in [4.78, 5) is 2.27. The minimum atomic E-state index is 0.757. The molecule has 0 saturated heterocycles. The van der Waals surface area contributed by atoms with Gasteiger partial charge in [0.05, 0.1) is 6.61 Å². The Labute approximate surface area is 86.2 Å². The van der Waals surface area contributed by atoms with Gasteiger partial charge < -0.3 is 9.64 Å². The number of rotatable bonds is 8. The van der Waals surface area contributed by atoms with Crippen LogP contribution in [-0.4, -0.2) is 44.1 Å². The first-order valence-corrected chi connectivity index (χ1v) is 5.68. The minimum absolute atomic E-state index is 0.757. The van der Waals surface area contributed by atoms with Crippen molar-refractivity contribution in [1.82, 2.24) is 4.90 Å². The first kappa shape index (κ1) is 11.3. The summed E-state index contributed by atoms with van der Waals surface area (Å²) >= 11 is 5.60. The van der Waals surface area contributed by atoms with E-state index < -0.39 is 0 Å². The van der Waals surface area contributed by atoms with Crippen LogP contribution in [0.25, 0.3) is 0 Å². The zero-order valence-electron chi connectivity index (χ0n) is 8.47. The molecule has 0 spiro atoms. The van der Waals surface area contributed by atoms with Gasteiger partial charge >= 0.3 is 0 Å². The van der Waals surface area contributed by atoms with Gasteiger partial charge in [-0.2, -0.15) is 0 Å². The van der Waals surface area contributed by atoms with Crippen LogP contribution in [0.5, 0.6) is 0 Å². The highest BCUT2D eigenvalue weighted by molar-refractivity contribution is 6.17. The van der Waals surface area contributed by atoms with Crippen molar-refractivity contribution in [3.8, 4) is 0 Å². The Morgan fingerprint density at radius 2 is 2.15 bits per heavy atom. The molecule has 0 atom stereocenters. The molecule has 1 rings (SSSR count). The third-order valence-corrected chi connectivity index (χ3v) is 2.61. The molecular formula is C10H20ClNO. The highest BCUT2D eigenvalue weighted by Crippen LogP contribution is 2.28. The Balaban J connectivity index is 1.79. The van der Waals surface area contributed by atoms with E-state index in [0.717, 1.165) is 44.5 Å². The van der Waals surface area contributed by atoms with Crippen molar-refractivity contribution in [1.29, 1.82) is 0 Å². The lowest BCUT2D eigenvalue weighted by Gasteiger charge is -2.15. The molecule has 1 saturated carbocycles. The fourth-order valence-electron chi connectivity index (χ4n) is 1.20. The van der Waals surface area contributed by atoms with Gasteiger partial charge in [-0.3, -0.25) is 0 Å². The van der Waals surface area contributed by atoms with Crippen molar-refractivity contribution in [3.05, 3.63) is 0 Å². The predicted octanol–water partition coefficient (Wildman–Crippen LogP) is 1.97. The zero-order valence-corrected chi connectivity index (χ0v) is 9.22. The summed E-state index contributed by atoms with van der Waals surface area (Å²) in [6, 6.07) is 0. The van der Waals surface area contributed by atoms with Crippen LogP contribution >= 0.6 is 11.6 Å². The molecule has 0 aromatic rings. The van der Waals surface area contributed by atoms with E-state index in [1.165, 1.54) is 12.8 Å². The third-order valence-electron chi connectivity index (χ3n) is 2.34. The average molecular weight is 206 g/mol. The second-order valence-electron chi connectivity index (χ2n) is 3.86. The van der Waals surface area contributed by atoms with Crippen LogP contribution in [0.1, 0.15) is 19.3 Å². The van der Waals surface area contributed by atoms with Crippen molar-refractivity contribution in [2.24, 2.45) is 5.92 Å². The molecule has 0 heterocycles. The fourth-order valence-corrected chi connectivity index (χ4v) is 1.32. The summed E-state index contributed by atoms with van der Waals surface area (Å²) in [6.07, 6.45) is 3.82. The maximum absolute atomic E-state index is 5.60. The van der Waals surface area contributed by atoms with Gasteiger partial charge in [-0.25, -0.2) is 0 Å². The van der Waals surface area contributed by atoms with Crippen LogP contribution in [0.3, 0.4) is 0 Å². The van der Waals surface area contributed by atoms with Gasteiger partial charge in [0.2, 0.25) is 0 Å². The topological polar surface area (TPSA) is 12.5 Å². The highest BCUT2D eigenvalue weighted by atomic mass is 35.5. The van der Waals surface area contributed by atoms with E-state index in [1.54, 1.807) is 0 Å². The molecular weight excluding hydrogens is 186 g/mol. The fraction of sp³-hybridized carbons (Fsp3) is 1.00. The van der Waals surface area contributed by atoms with Crippen molar-refractivity contribution in [2.75, 3.05) is 39.2 Å². The van der Waals surface area contributed by atoms with E-state index in [9.17, 15) is 0 Å². The molecule has 78 valence electrons. The van der Waals surface area contributed by atoms with E-state index in [2.05, 4.69) is 11.9 Å². The van der Waals surface area contributed by atoms with Gasteiger partial charge in [-0.05, 0) is 38.8 Å². The molecule has 1 fully saturated rings. The monoisotopic (exact) mass is 205 g/mol. The number of alkyl halides is 1. The average Bonchev–Trinajstić information content (AvgIpc) is 2.92. The first-order chi connectivity index (χ1) is 6.33. The molecule has 0 aromatic heterocycles. The van der Waals surface area contributed by atoms with Gasteiger partial charge in [0.1, 0.15) is 0 Å². The lowest BCUT2D eigenvalue weighted by Crippen LogP contribution is -2.24. The highest BCUT2D eigenvalue weighted by Gasteiger charge is 2.20. The summed E-state index contributed by atoms with van der Waals surface area (Å²) in [5.41, 5.74) is 0. The largest absolute Gasteiger partial charge is 0.380 e. The Morgan fingerprint density at radius 1 is 1.38 bits per heavy atom. The standard InChI is InChI=1S/C10H20ClNO/c1-12(6-2-5-11)7-8-13-9-10-3-4-10/h10H,2-9H2,1H3. The Bertz CT molecular complexity index is 128. The minimum Gasteiger partial charge on any atom is -0.380 e. The second-order valence-corrected chi connectivity index (χ2v) is 4.24. The number of hydrogen-bond acceptors (Lipinski definition) is 2. The molecule has 13 heavy (non-hydrogen) atoms. The molecule has 3 heteroatoms. The van der Waals surface area contributed by atoms with Gasteiger partial charge in [0, 0.05) is 19.0 Å². The maximum Gasteiger partial charge on any atom is 0.0593 e.